The molecule has 1 saturated heterocycles. The second-order valence-corrected chi connectivity index (χ2v) is 4.83. The molecule has 1 N–H and O–H groups in total. The Kier molecular flexibility index (Phi) is 3.28. The minimum Gasteiger partial charge on any atom is -0.375 e. The maximum Gasteiger partial charge on any atom is 0.135 e. The molecule has 2 aliphatic rings. The van der Waals surface area contributed by atoms with E-state index in [9.17, 15) is 5.26 Å². The first-order valence-electron chi connectivity index (χ1n) is 6.07. The smallest absolute Gasteiger partial charge is 0.135 e. The van der Waals surface area contributed by atoms with Crippen LogP contribution < -0.4 is 5.32 Å². The predicted octanol–water partition coefficient (Wildman–Crippen LogP) is 1.98. The van der Waals surface area contributed by atoms with Gasteiger partial charge in [-0.05, 0) is 19.8 Å². The topological polar surface area (TPSA) is 45.0 Å². The van der Waals surface area contributed by atoms with Gasteiger partial charge in [0.1, 0.15) is 5.54 Å². The second-order valence-electron chi connectivity index (χ2n) is 4.83. The van der Waals surface area contributed by atoms with Gasteiger partial charge in [0.25, 0.3) is 0 Å². The van der Waals surface area contributed by atoms with E-state index >= 15 is 0 Å². The van der Waals surface area contributed by atoms with E-state index in [2.05, 4.69) is 11.4 Å². The van der Waals surface area contributed by atoms with Crippen molar-refractivity contribution < 1.29 is 4.74 Å². The molecule has 1 aliphatic heterocycles. The van der Waals surface area contributed by atoms with Gasteiger partial charge in [0.15, 0.2) is 0 Å². The molecule has 3 heteroatoms. The summed E-state index contributed by atoms with van der Waals surface area (Å²) in [4.78, 5) is 0. The number of nitriles is 1. The number of ether oxygens (including phenoxy) is 1. The van der Waals surface area contributed by atoms with E-state index in [1.165, 1.54) is 32.1 Å². The molecule has 1 saturated carbocycles. The largest absolute Gasteiger partial charge is 0.375 e. The van der Waals surface area contributed by atoms with Gasteiger partial charge in [0.05, 0.1) is 12.2 Å². The van der Waals surface area contributed by atoms with Crippen LogP contribution in [0, 0.1) is 11.3 Å². The number of nitrogens with one attached hydrogen (secondary N) is 1. The lowest BCUT2D eigenvalue weighted by atomic mass is 9.88. The zero-order chi connectivity index (χ0) is 10.7. The highest BCUT2D eigenvalue weighted by Crippen LogP contribution is 2.28. The number of hydrogen-bond acceptors (Lipinski definition) is 3. The first-order valence-corrected chi connectivity index (χ1v) is 6.07. The van der Waals surface area contributed by atoms with Crippen LogP contribution in [0.25, 0.3) is 0 Å². The zero-order valence-corrected chi connectivity index (χ0v) is 9.46. The van der Waals surface area contributed by atoms with Crippen molar-refractivity contribution in [1.82, 2.24) is 5.32 Å². The molecule has 2 unspecified atom stereocenters. The molecule has 3 nitrogen and oxygen atoms in total. The quantitative estimate of drug-likeness (QED) is 0.754. The van der Waals surface area contributed by atoms with Crippen molar-refractivity contribution in [2.45, 2.75) is 63.1 Å². The van der Waals surface area contributed by atoms with Crippen molar-refractivity contribution in [3.8, 4) is 6.07 Å². The normalized spacial score (nSPS) is 37.7. The van der Waals surface area contributed by atoms with Crippen LogP contribution in [0.4, 0.5) is 0 Å². The summed E-state index contributed by atoms with van der Waals surface area (Å²) in [6.45, 7) is 2.72. The lowest BCUT2D eigenvalue weighted by Gasteiger charge is -2.33. The van der Waals surface area contributed by atoms with Crippen LogP contribution in [0.2, 0.25) is 0 Å². The van der Waals surface area contributed by atoms with Gasteiger partial charge < -0.3 is 4.74 Å². The predicted molar refractivity (Wildman–Crippen MR) is 58.4 cm³/mol. The highest BCUT2D eigenvalue weighted by atomic mass is 16.5. The Labute approximate surface area is 91.8 Å². The van der Waals surface area contributed by atoms with Gasteiger partial charge in [-0.2, -0.15) is 5.26 Å². The van der Waals surface area contributed by atoms with E-state index in [0.29, 0.717) is 12.6 Å². The molecule has 2 atom stereocenters. The Hall–Kier alpha value is -0.590. The van der Waals surface area contributed by atoms with Gasteiger partial charge in [-0.25, -0.2) is 0 Å². The maximum atomic E-state index is 9.33. The third-order valence-electron chi connectivity index (χ3n) is 3.82. The third-order valence-corrected chi connectivity index (χ3v) is 3.82. The van der Waals surface area contributed by atoms with Crippen LogP contribution in [0.5, 0.6) is 0 Å². The molecule has 15 heavy (non-hydrogen) atoms. The van der Waals surface area contributed by atoms with Crippen LogP contribution in [0.1, 0.15) is 45.4 Å². The van der Waals surface area contributed by atoms with Gasteiger partial charge >= 0.3 is 0 Å². The number of hydrogen-bond donors (Lipinski definition) is 1. The molecule has 1 aliphatic carbocycles. The van der Waals surface area contributed by atoms with Gasteiger partial charge in [-0.3, -0.25) is 5.32 Å². The van der Waals surface area contributed by atoms with Crippen molar-refractivity contribution in [3.05, 3.63) is 0 Å². The lowest BCUT2D eigenvalue weighted by molar-refractivity contribution is 0.0929. The molecule has 0 spiro atoms. The summed E-state index contributed by atoms with van der Waals surface area (Å²) in [5.74, 6) is 0. The molecular formula is C12H20N2O. The summed E-state index contributed by atoms with van der Waals surface area (Å²) in [5, 5.41) is 12.9. The molecule has 84 valence electrons. The van der Waals surface area contributed by atoms with Crippen molar-refractivity contribution in [1.29, 1.82) is 5.26 Å². The minimum absolute atomic E-state index is 0.0319. The van der Waals surface area contributed by atoms with Crippen LogP contribution in [0.15, 0.2) is 0 Å². The van der Waals surface area contributed by atoms with Crippen LogP contribution in [-0.4, -0.2) is 24.3 Å². The van der Waals surface area contributed by atoms with E-state index in [1.807, 2.05) is 6.92 Å². The zero-order valence-electron chi connectivity index (χ0n) is 9.46. The highest BCUT2D eigenvalue weighted by molar-refractivity contribution is 5.14. The lowest BCUT2D eigenvalue weighted by Crippen LogP contribution is -2.54. The molecule has 2 fully saturated rings. The molecule has 0 radical (unpaired) electrons. The summed E-state index contributed by atoms with van der Waals surface area (Å²) in [6.07, 6.45) is 7.25. The van der Waals surface area contributed by atoms with Gasteiger partial charge in [-0.1, -0.05) is 19.3 Å². The Balaban J connectivity index is 1.98. The molecule has 0 amide bonds. The van der Waals surface area contributed by atoms with Crippen molar-refractivity contribution in [2.75, 3.05) is 6.61 Å². The average Bonchev–Trinajstić information content (AvgIpc) is 2.62. The van der Waals surface area contributed by atoms with Crippen molar-refractivity contribution in [2.24, 2.45) is 0 Å². The Morgan fingerprint density at radius 2 is 2.07 bits per heavy atom. The average molecular weight is 208 g/mol. The summed E-state index contributed by atoms with van der Waals surface area (Å²) in [7, 11) is 0. The monoisotopic (exact) mass is 208 g/mol. The van der Waals surface area contributed by atoms with Crippen LogP contribution >= 0.6 is 0 Å². The van der Waals surface area contributed by atoms with E-state index in [4.69, 9.17) is 4.74 Å². The summed E-state index contributed by atoms with van der Waals surface area (Å²) in [6, 6.07) is 2.97. The fraction of sp³-hybridized carbons (Fsp3) is 0.917. The molecular weight excluding hydrogens is 188 g/mol. The first kappa shape index (κ1) is 10.9. The van der Waals surface area contributed by atoms with Crippen LogP contribution in [-0.2, 0) is 4.74 Å². The van der Waals surface area contributed by atoms with E-state index in [0.717, 1.165) is 6.42 Å². The van der Waals surface area contributed by atoms with Gasteiger partial charge in [-0.15, -0.1) is 0 Å². The van der Waals surface area contributed by atoms with Crippen molar-refractivity contribution >= 4 is 0 Å². The maximum absolute atomic E-state index is 9.33. The molecule has 2 rings (SSSR count). The molecule has 0 aromatic carbocycles. The van der Waals surface area contributed by atoms with Crippen LogP contribution in [0.3, 0.4) is 0 Å². The molecule has 0 aromatic rings. The molecule has 0 aromatic heterocycles. The standard InChI is InChI=1S/C12H20N2O/c1-10-12(9-13,7-8-15-10)14-11-5-3-2-4-6-11/h10-11,14H,2-8H2,1H3. The van der Waals surface area contributed by atoms with Crippen molar-refractivity contribution in [3.63, 3.8) is 0 Å². The SMILES string of the molecule is CC1OCCC1(C#N)NC1CCCCC1. The van der Waals surface area contributed by atoms with Gasteiger partial charge in [0.2, 0.25) is 0 Å². The van der Waals surface area contributed by atoms with E-state index in [-0.39, 0.29) is 6.10 Å². The van der Waals surface area contributed by atoms with E-state index < -0.39 is 5.54 Å². The Bertz CT molecular complexity index is 255. The molecule has 0 bridgehead atoms. The summed E-state index contributed by atoms with van der Waals surface area (Å²) >= 11 is 0. The number of nitrogens with zero attached hydrogens (tertiary/aromatic N) is 1. The Morgan fingerprint density at radius 3 is 2.60 bits per heavy atom. The summed E-state index contributed by atoms with van der Waals surface area (Å²) < 4.78 is 5.52. The fourth-order valence-corrected chi connectivity index (χ4v) is 2.72. The second kappa shape index (κ2) is 4.51. The summed E-state index contributed by atoms with van der Waals surface area (Å²) in [5.41, 5.74) is -0.415. The Morgan fingerprint density at radius 1 is 1.33 bits per heavy atom. The number of rotatable bonds is 2. The van der Waals surface area contributed by atoms with Gasteiger partial charge in [0, 0.05) is 19.1 Å². The first-order chi connectivity index (χ1) is 7.27. The highest BCUT2D eigenvalue weighted by Gasteiger charge is 2.43. The molecule has 1 heterocycles. The van der Waals surface area contributed by atoms with E-state index in [1.54, 1.807) is 0 Å². The fourth-order valence-electron chi connectivity index (χ4n) is 2.72. The minimum atomic E-state index is -0.415. The third kappa shape index (κ3) is 2.16.